The Labute approximate surface area is 254 Å². The molecule has 1 aromatic carbocycles. The van der Waals surface area contributed by atoms with Crippen LogP contribution in [-0.2, 0) is 11.2 Å². The fourth-order valence-corrected chi connectivity index (χ4v) is 5.78. The number of fused-ring (bicyclic) bond motifs is 1. The Morgan fingerprint density at radius 1 is 1.00 bits per heavy atom. The molecule has 5 rings (SSSR count). The summed E-state index contributed by atoms with van der Waals surface area (Å²) in [6.07, 6.45) is -5.02. The molecule has 0 spiro atoms. The molecule has 4 aromatic rings. The van der Waals surface area contributed by atoms with Crippen LogP contribution in [0.5, 0.6) is 0 Å². The van der Waals surface area contributed by atoms with Gasteiger partial charge in [-0.05, 0) is 63.6 Å². The Balaban J connectivity index is 1.49. The van der Waals surface area contributed by atoms with Gasteiger partial charge in [-0.1, -0.05) is 18.3 Å². The summed E-state index contributed by atoms with van der Waals surface area (Å²) in [5.41, 5.74) is 0.521. The molecule has 10 nitrogen and oxygen atoms in total. The Morgan fingerprint density at radius 2 is 1.66 bits per heavy atom. The molecule has 0 saturated carbocycles. The Morgan fingerprint density at radius 3 is 2.25 bits per heavy atom. The van der Waals surface area contributed by atoms with E-state index >= 15 is 0 Å². The standard InChI is InChI=1S/C29H31F4N7O3S/c1-6-19-25(37(5)26-35-22(17-7-9-18(30)10-8-17)23(44-26)24(41)29(31,32)33)40-20(34-19)11-12-21(36-40)38-13-15-39(16-14-38)27(42)43-28(2,3)4/h7-12H,6,13-16H2,1-5H3. The molecular formula is C29H31F4N7O3S. The number of imidazole rings is 1. The van der Waals surface area contributed by atoms with Crippen molar-refractivity contribution in [3.63, 3.8) is 0 Å². The molecular weight excluding hydrogens is 602 g/mol. The summed E-state index contributed by atoms with van der Waals surface area (Å²) >= 11 is 0.589. The molecule has 1 aliphatic heterocycles. The average Bonchev–Trinajstić information content (AvgIpc) is 3.57. The van der Waals surface area contributed by atoms with Crippen LogP contribution in [0, 0.1) is 5.82 Å². The molecule has 1 saturated heterocycles. The van der Waals surface area contributed by atoms with Crippen molar-refractivity contribution < 1.29 is 31.9 Å². The van der Waals surface area contributed by atoms with E-state index in [0.29, 0.717) is 66.9 Å². The normalized spacial score (nSPS) is 14.3. The predicted octanol–water partition coefficient (Wildman–Crippen LogP) is 6.12. The monoisotopic (exact) mass is 633 g/mol. The molecule has 0 bridgehead atoms. The molecule has 0 unspecified atom stereocenters. The maximum atomic E-state index is 13.6. The Kier molecular flexibility index (Phi) is 8.27. The van der Waals surface area contributed by atoms with Gasteiger partial charge in [-0.25, -0.2) is 19.2 Å². The molecule has 0 N–H and O–H groups in total. The number of halogens is 4. The van der Waals surface area contributed by atoms with Gasteiger partial charge < -0.3 is 19.4 Å². The second-order valence-electron chi connectivity index (χ2n) is 11.2. The minimum atomic E-state index is -5.13. The third kappa shape index (κ3) is 6.32. The van der Waals surface area contributed by atoms with Gasteiger partial charge in [0.1, 0.15) is 22.1 Å². The summed E-state index contributed by atoms with van der Waals surface area (Å²) in [6, 6.07) is 8.37. The van der Waals surface area contributed by atoms with Crippen LogP contribution in [0.25, 0.3) is 16.9 Å². The fraction of sp³-hybridized carbons (Fsp3) is 0.414. The second-order valence-corrected chi connectivity index (χ2v) is 12.2. The summed E-state index contributed by atoms with van der Waals surface area (Å²) < 4.78 is 61.3. The number of aromatic nitrogens is 4. The molecule has 4 heterocycles. The molecule has 1 amide bonds. The number of alkyl halides is 3. The first-order valence-corrected chi connectivity index (χ1v) is 14.7. The zero-order valence-electron chi connectivity index (χ0n) is 24.8. The van der Waals surface area contributed by atoms with E-state index in [1.165, 1.54) is 12.1 Å². The van der Waals surface area contributed by atoms with Crippen molar-refractivity contribution in [2.45, 2.75) is 45.9 Å². The number of hydrogen-bond acceptors (Lipinski definition) is 9. The number of amides is 1. The van der Waals surface area contributed by atoms with E-state index in [-0.39, 0.29) is 22.5 Å². The third-order valence-corrected chi connectivity index (χ3v) is 8.03. The number of rotatable bonds is 6. The van der Waals surface area contributed by atoms with Gasteiger partial charge in [0.15, 0.2) is 16.6 Å². The van der Waals surface area contributed by atoms with Crippen molar-refractivity contribution in [1.82, 2.24) is 24.5 Å². The van der Waals surface area contributed by atoms with Crippen molar-refractivity contribution in [3.05, 3.63) is 52.8 Å². The minimum Gasteiger partial charge on any atom is -0.444 e. The van der Waals surface area contributed by atoms with Crippen molar-refractivity contribution in [3.8, 4) is 11.3 Å². The van der Waals surface area contributed by atoms with Crippen LogP contribution in [0.2, 0.25) is 0 Å². The number of hydrogen-bond donors (Lipinski definition) is 0. The van der Waals surface area contributed by atoms with Crippen LogP contribution in [0.15, 0.2) is 36.4 Å². The minimum absolute atomic E-state index is 0.103. The van der Waals surface area contributed by atoms with E-state index in [4.69, 9.17) is 9.84 Å². The molecule has 0 atom stereocenters. The highest BCUT2D eigenvalue weighted by Crippen LogP contribution is 2.39. The summed E-state index contributed by atoms with van der Waals surface area (Å²) in [7, 11) is 1.62. The third-order valence-electron chi connectivity index (χ3n) is 6.90. The van der Waals surface area contributed by atoms with E-state index in [1.54, 1.807) is 27.4 Å². The number of benzene rings is 1. The molecule has 44 heavy (non-hydrogen) atoms. The van der Waals surface area contributed by atoms with Crippen molar-refractivity contribution >= 4 is 45.6 Å². The van der Waals surface area contributed by atoms with Crippen molar-refractivity contribution in [2.24, 2.45) is 0 Å². The highest BCUT2D eigenvalue weighted by atomic mass is 32.1. The summed E-state index contributed by atoms with van der Waals surface area (Å²) in [6.45, 7) is 9.22. The lowest BCUT2D eigenvalue weighted by Crippen LogP contribution is -2.50. The van der Waals surface area contributed by atoms with Crippen LogP contribution in [0.1, 0.15) is 43.1 Å². The highest BCUT2D eigenvalue weighted by Gasteiger charge is 2.43. The Hall–Kier alpha value is -4.27. The molecule has 1 fully saturated rings. The Bertz CT molecular complexity index is 1690. The van der Waals surface area contributed by atoms with Gasteiger partial charge in [-0.15, -0.1) is 5.10 Å². The SMILES string of the molecule is CCc1nc2ccc(N3CCN(C(=O)OC(C)(C)C)CC3)nn2c1N(C)c1nc(-c2ccc(F)cc2)c(C(=O)C(F)(F)F)s1. The first-order chi connectivity index (χ1) is 20.7. The van der Waals surface area contributed by atoms with Gasteiger partial charge in [-0.3, -0.25) is 4.79 Å². The zero-order chi connectivity index (χ0) is 32.0. The van der Waals surface area contributed by atoms with Gasteiger partial charge in [0.25, 0.3) is 5.78 Å². The summed E-state index contributed by atoms with van der Waals surface area (Å²) in [5.74, 6) is -1.51. The van der Waals surface area contributed by atoms with Gasteiger partial charge in [0.2, 0.25) is 0 Å². The zero-order valence-corrected chi connectivity index (χ0v) is 25.6. The topological polar surface area (TPSA) is 96.2 Å². The highest BCUT2D eigenvalue weighted by molar-refractivity contribution is 7.18. The largest absolute Gasteiger partial charge is 0.455 e. The quantitative estimate of drug-likeness (QED) is 0.185. The van der Waals surface area contributed by atoms with Crippen LogP contribution >= 0.6 is 11.3 Å². The van der Waals surface area contributed by atoms with E-state index < -0.39 is 28.3 Å². The average molecular weight is 634 g/mol. The van der Waals surface area contributed by atoms with Crippen molar-refractivity contribution in [1.29, 1.82) is 0 Å². The summed E-state index contributed by atoms with van der Waals surface area (Å²) in [4.78, 5) is 38.6. The number of nitrogens with zero attached hydrogens (tertiary/aromatic N) is 7. The van der Waals surface area contributed by atoms with Crippen LogP contribution in [0.3, 0.4) is 0 Å². The number of thiazole rings is 1. The van der Waals surface area contributed by atoms with Crippen LogP contribution < -0.4 is 9.80 Å². The number of piperazine rings is 1. The maximum Gasteiger partial charge on any atom is 0.455 e. The van der Waals surface area contributed by atoms with E-state index in [1.807, 2.05) is 38.7 Å². The number of anilines is 3. The van der Waals surface area contributed by atoms with E-state index in [9.17, 15) is 27.2 Å². The number of carbonyl (C=O) groups is 2. The molecule has 3 aromatic heterocycles. The van der Waals surface area contributed by atoms with Crippen LogP contribution in [0.4, 0.5) is 39.1 Å². The second kappa shape index (κ2) is 11.7. The van der Waals surface area contributed by atoms with E-state index in [0.717, 1.165) is 12.1 Å². The first-order valence-electron chi connectivity index (χ1n) is 13.9. The molecule has 234 valence electrons. The molecule has 15 heteroatoms. The lowest BCUT2D eigenvalue weighted by Gasteiger charge is -2.36. The van der Waals surface area contributed by atoms with Gasteiger partial charge in [0, 0.05) is 38.8 Å². The first kappa shape index (κ1) is 31.2. The van der Waals surface area contributed by atoms with Gasteiger partial charge in [-0.2, -0.15) is 17.7 Å². The lowest BCUT2D eigenvalue weighted by atomic mass is 10.1. The number of carbonyl (C=O) groups excluding carboxylic acids is 2. The summed E-state index contributed by atoms with van der Waals surface area (Å²) in [5, 5.41) is 4.91. The lowest BCUT2D eigenvalue weighted by molar-refractivity contribution is -0.0882. The molecule has 0 radical (unpaired) electrons. The number of ketones is 1. The fourth-order valence-electron chi connectivity index (χ4n) is 4.77. The molecule has 0 aliphatic carbocycles. The van der Waals surface area contributed by atoms with Crippen molar-refractivity contribution in [2.75, 3.05) is 43.0 Å². The van der Waals surface area contributed by atoms with Crippen LogP contribution in [-0.4, -0.2) is 81.4 Å². The van der Waals surface area contributed by atoms with E-state index in [2.05, 4.69) is 9.97 Å². The number of aryl methyl sites for hydroxylation is 1. The maximum absolute atomic E-state index is 13.6. The van der Waals surface area contributed by atoms with Gasteiger partial charge in [0.05, 0.1) is 11.4 Å². The van der Waals surface area contributed by atoms with Gasteiger partial charge >= 0.3 is 12.3 Å². The number of Topliss-reactive ketones (excluding diaryl/α,β-unsaturated/α-hetero) is 1. The number of ether oxygens (including phenoxy) is 1. The molecule has 1 aliphatic rings. The smallest absolute Gasteiger partial charge is 0.444 e. The predicted molar refractivity (Wildman–Crippen MR) is 158 cm³/mol.